The third kappa shape index (κ3) is 4.72. The molecular formula is C40H50. The lowest BCUT2D eigenvalue weighted by Gasteiger charge is -2.42. The quantitative estimate of drug-likeness (QED) is 0.315. The molecule has 0 heterocycles. The van der Waals surface area contributed by atoms with Crippen LogP contribution in [-0.4, -0.2) is 0 Å². The Bertz CT molecular complexity index is 1400. The Morgan fingerprint density at radius 3 is 1.00 bits per heavy atom. The molecule has 3 aromatic rings. The normalized spacial score (nSPS) is 19.9. The van der Waals surface area contributed by atoms with Crippen molar-refractivity contribution in [1.82, 2.24) is 0 Å². The Morgan fingerprint density at radius 1 is 0.475 bits per heavy atom. The number of benzene rings is 3. The van der Waals surface area contributed by atoms with E-state index in [-0.39, 0.29) is 21.7 Å². The summed E-state index contributed by atoms with van der Waals surface area (Å²) in [5.74, 6) is 0. The predicted molar refractivity (Wildman–Crippen MR) is 176 cm³/mol. The molecule has 0 N–H and O–H groups in total. The van der Waals surface area contributed by atoms with Crippen LogP contribution in [0.25, 0.3) is 11.1 Å². The minimum Gasteiger partial charge on any atom is -0.0905 e. The molecule has 0 unspecified atom stereocenters. The molecule has 0 fully saturated rings. The Labute approximate surface area is 244 Å². The number of rotatable bonds is 4. The lowest BCUT2D eigenvalue weighted by atomic mass is 9.62. The molecule has 0 aliphatic heterocycles. The van der Waals surface area contributed by atoms with Crippen LogP contribution in [0, 0.1) is 13.8 Å². The second-order valence-corrected chi connectivity index (χ2v) is 15.5. The van der Waals surface area contributed by atoms with Gasteiger partial charge in [-0.05, 0) is 128 Å². The highest BCUT2D eigenvalue weighted by molar-refractivity contribution is 5.84. The molecule has 40 heavy (non-hydrogen) atoms. The first-order valence-electron chi connectivity index (χ1n) is 15.3. The summed E-state index contributed by atoms with van der Waals surface area (Å²) in [6.45, 7) is 32.8. The standard InChI is InChI=1S/C40H50/c1-25-21-33-35(39(9,10)19-17-37(33,5)6)23-31(25)27(3)29-13-15-30(16-14-29)28(4)32-24-36-34(22-26(32)2)38(7,8)18-20-40(36,11)12/h13-16,21-24H,3-4,17-20H2,1-2,5-12H3. The largest absolute Gasteiger partial charge is 0.0905 e. The second-order valence-electron chi connectivity index (χ2n) is 15.5. The third-order valence-corrected chi connectivity index (χ3v) is 10.6. The van der Waals surface area contributed by atoms with Gasteiger partial charge in [-0.25, -0.2) is 0 Å². The van der Waals surface area contributed by atoms with Gasteiger partial charge in [0, 0.05) is 0 Å². The van der Waals surface area contributed by atoms with Gasteiger partial charge in [-0.2, -0.15) is 0 Å². The average Bonchev–Trinajstić information content (AvgIpc) is 2.88. The van der Waals surface area contributed by atoms with E-state index in [0.29, 0.717) is 0 Å². The van der Waals surface area contributed by atoms with Gasteiger partial charge in [0.15, 0.2) is 0 Å². The van der Waals surface area contributed by atoms with Crippen LogP contribution < -0.4 is 0 Å². The van der Waals surface area contributed by atoms with Gasteiger partial charge in [-0.1, -0.05) is 117 Å². The molecular weight excluding hydrogens is 480 g/mol. The highest BCUT2D eigenvalue weighted by Crippen LogP contribution is 2.49. The first-order valence-corrected chi connectivity index (χ1v) is 15.3. The van der Waals surface area contributed by atoms with Crippen molar-refractivity contribution in [2.24, 2.45) is 0 Å². The lowest BCUT2D eigenvalue weighted by molar-refractivity contribution is 0.331. The maximum atomic E-state index is 4.59. The van der Waals surface area contributed by atoms with Crippen molar-refractivity contribution in [2.75, 3.05) is 0 Å². The Kier molecular flexibility index (Phi) is 6.69. The van der Waals surface area contributed by atoms with Crippen LogP contribution in [-0.2, 0) is 21.7 Å². The van der Waals surface area contributed by atoms with E-state index in [0.717, 1.165) is 11.1 Å². The van der Waals surface area contributed by atoms with Crippen LogP contribution in [0.4, 0.5) is 0 Å². The smallest absolute Gasteiger partial charge is 0.0100 e. The van der Waals surface area contributed by atoms with Gasteiger partial charge < -0.3 is 0 Å². The van der Waals surface area contributed by atoms with Gasteiger partial charge in [0.25, 0.3) is 0 Å². The fraction of sp³-hybridized carbons (Fsp3) is 0.450. The summed E-state index contributed by atoms with van der Waals surface area (Å²) in [4.78, 5) is 0. The zero-order valence-electron chi connectivity index (χ0n) is 26.9. The first-order chi connectivity index (χ1) is 18.4. The molecule has 0 saturated heterocycles. The lowest BCUT2D eigenvalue weighted by Crippen LogP contribution is -2.34. The molecule has 0 amide bonds. The minimum atomic E-state index is 0.186. The summed E-state index contributed by atoms with van der Waals surface area (Å²) < 4.78 is 0. The molecule has 0 spiro atoms. The van der Waals surface area contributed by atoms with Gasteiger partial charge in [0.2, 0.25) is 0 Å². The third-order valence-electron chi connectivity index (χ3n) is 10.6. The number of fused-ring (bicyclic) bond motifs is 2. The highest BCUT2D eigenvalue weighted by Gasteiger charge is 2.38. The van der Waals surface area contributed by atoms with E-state index in [2.05, 4.69) is 131 Å². The van der Waals surface area contributed by atoms with Gasteiger partial charge in [-0.3, -0.25) is 0 Å². The van der Waals surface area contributed by atoms with Crippen LogP contribution in [0.3, 0.4) is 0 Å². The molecule has 210 valence electrons. The molecule has 5 rings (SSSR count). The molecule has 2 aliphatic rings. The molecule has 0 heteroatoms. The van der Waals surface area contributed by atoms with Crippen molar-refractivity contribution in [2.45, 2.75) is 117 Å². The summed E-state index contributed by atoms with van der Waals surface area (Å²) >= 11 is 0. The van der Waals surface area contributed by atoms with Crippen LogP contribution in [0.1, 0.15) is 137 Å². The van der Waals surface area contributed by atoms with Gasteiger partial charge in [0.1, 0.15) is 0 Å². The van der Waals surface area contributed by atoms with Crippen molar-refractivity contribution in [3.8, 4) is 0 Å². The Balaban J connectivity index is 1.47. The van der Waals surface area contributed by atoms with Crippen molar-refractivity contribution in [3.63, 3.8) is 0 Å². The van der Waals surface area contributed by atoms with Crippen LogP contribution >= 0.6 is 0 Å². The molecule has 0 nitrogen and oxygen atoms in total. The van der Waals surface area contributed by atoms with Crippen LogP contribution in [0.2, 0.25) is 0 Å². The molecule has 0 saturated carbocycles. The summed E-state index contributed by atoms with van der Waals surface area (Å²) in [6.07, 6.45) is 4.90. The molecule has 3 aromatic carbocycles. The molecule has 2 aliphatic carbocycles. The summed E-state index contributed by atoms with van der Waals surface area (Å²) in [5, 5.41) is 0. The number of hydrogen-bond acceptors (Lipinski definition) is 0. The fourth-order valence-electron chi connectivity index (χ4n) is 7.28. The van der Waals surface area contributed by atoms with E-state index < -0.39 is 0 Å². The average molecular weight is 531 g/mol. The number of aryl methyl sites for hydroxylation is 2. The second kappa shape index (κ2) is 9.34. The molecule has 0 bridgehead atoms. The number of hydrogen-bond donors (Lipinski definition) is 0. The Hall–Kier alpha value is -2.86. The summed E-state index contributed by atoms with van der Waals surface area (Å²) in [7, 11) is 0. The monoisotopic (exact) mass is 530 g/mol. The minimum absolute atomic E-state index is 0.186. The zero-order valence-corrected chi connectivity index (χ0v) is 26.9. The molecule has 0 aromatic heterocycles. The molecule has 0 radical (unpaired) electrons. The maximum absolute atomic E-state index is 4.59. The van der Waals surface area contributed by atoms with E-state index in [1.54, 1.807) is 0 Å². The topological polar surface area (TPSA) is 0 Å². The van der Waals surface area contributed by atoms with E-state index in [1.165, 1.54) is 81.3 Å². The maximum Gasteiger partial charge on any atom is -0.0100 e. The first kappa shape index (κ1) is 28.7. The van der Waals surface area contributed by atoms with E-state index in [4.69, 9.17) is 0 Å². The van der Waals surface area contributed by atoms with E-state index in [1.807, 2.05) is 0 Å². The molecule has 0 atom stereocenters. The zero-order chi connectivity index (χ0) is 29.4. The van der Waals surface area contributed by atoms with Crippen molar-refractivity contribution >= 4 is 11.1 Å². The van der Waals surface area contributed by atoms with Gasteiger partial charge in [-0.15, -0.1) is 0 Å². The van der Waals surface area contributed by atoms with Crippen molar-refractivity contribution < 1.29 is 0 Å². The van der Waals surface area contributed by atoms with E-state index >= 15 is 0 Å². The summed E-state index contributed by atoms with van der Waals surface area (Å²) in [5.41, 5.74) is 16.5. The fourth-order valence-corrected chi connectivity index (χ4v) is 7.28. The predicted octanol–water partition coefficient (Wildman–Crippen LogP) is 11.1. The van der Waals surface area contributed by atoms with Gasteiger partial charge >= 0.3 is 0 Å². The Morgan fingerprint density at radius 2 is 0.725 bits per heavy atom. The van der Waals surface area contributed by atoms with Crippen molar-refractivity contribution in [3.05, 3.63) is 117 Å². The summed E-state index contributed by atoms with van der Waals surface area (Å²) in [6, 6.07) is 18.7. The van der Waals surface area contributed by atoms with Crippen molar-refractivity contribution in [1.29, 1.82) is 0 Å². The SMILES string of the molecule is C=C(c1ccc(C(=C)c2cc3c(cc2C)C(C)(C)CCC3(C)C)cc1)c1cc2c(cc1C)C(C)(C)CCC2(C)C. The van der Waals surface area contributed by atoms with E-state index in [9.17, 15) is 0 Å². The van der Waals surface area contributed by atoms with Crippen LogP contribution in [0.15, 0.2) is 61.7 Å². The van der Waals surface area contributed by atoms with Gasteiger partial charge in [0.05, 0.1) is 0 Å². The highest BCUT2D eigenvalue weighted by atomic mass is 14.4. The van der Waals surface area contributed by atoms with Crippen LogP contribution in [0.5, 0.6) is 0 Å².